The van der Waals surface area contributed by atoms with Crippen LogP contribution in [-0.4, -0.2) is 67.4 Å². The molecule has 0 atom stereocenters. The van der Waals surface area contributed by atoms with Crippen LogP contribution in [0.25, 0.3) is 0 Å². The Morgan fingerprint density at radius 1 is 1.22 bits per heavy atom. The zero-order valence-electron chi connectivity index (χ0n) is 20.2. The molecule has 11 heteroatoms. The number of aromatic nitrogens is 1. The molecule has 1 spiro atoms. The minimum absolute atomic E-state index is 0.0282. The first-order chi connectivity index (χ1) is 17.4. The van der Waals surface area contributed by atoms with Gasteiger partial charge in [-0.2, -0.15) is 5.26 Å². The maximum absolute atomic E-state index is 13.4. The highest BCUT2D eigenvalue weighted by atomic mass is 16.5. The van der Waals surface area contributed by atoms with Crippen LogP contribution in [0, 0.1) is 16.2 Å². The number of ketones is 1. The largest absolute Gasteiger partial charge is 0.486 e. The Balaban J connectivity index is 1.30. The van der Waals surface area contributed by atoms with Crippen LogP contribution in [-0.2, 0) is 0 Å². The molecule has 4 heterocycles. The molecule has 1 amide bonds. The predicted molar refractivity (Wildman–Crippen MR) is 135 cm³/mol. The van der Waals surface area contributed by atoms with Gasteiger partial charge in [0, 0.05) is 39.0 Å². The number of amides is 1. The quantitative estimate of drug-likeness (QED) is 0.514. The van der Waals surface area contributed by atoms with Gasteiger partial charge in [-0.15, -0.1) is 4.91 Å². The van der Waals surface area contributed by atoms with Crippen molar-refractivity contribution < 1.29 is 14.3 Å². The van der Waals surface area contributed by atoms with Crippen molar-refractivity contribution in [2.24, 2.45) is 5.18 Å². The van der Waals surface area contributed by atoms with Crippen molar-refractivity contribution in [2.45, 2.75) is 43.7 Å². The van der Waals surface area contributed by atoms with E-state index in [-0.39, 0.29) is 29.4 Å². The van der Waals surface area contributed by atoms with Gasteiger partial charge in [-0.05, 0) is 48.3 Å². The Hall–Kier alpha value is -3.78. The van der Waals surface area contributed by atoms with Crippen molar-refractivity contribution in [1.29, 1.82) is 5.26 Å². The zero-order chi connectivity index (χ0) is 25.3. The molecule has 2 saturated heterocycles. The number of carbonyl (C=O) groups excluding carboxylic acids is 2. The number of carbonyl (C=O) groups is 2. The summed E-state index contributed by atoms with van der Waals surface area (Å²) in [6, 6.07) is 9.07. The van der Waals surface area contributed by atoms with Crippen LogP contribution in [0.15, 0.2) is 35.6 Å². The number of nitrogens with one attached hydrogen (secondary N) is 1. The average molecular weight is 486 g/mol. The number of nitroso groups, excluding NO2 is 1. The molecule has 36 heavy (non-hydrogen) atoms. The number of rotatable bonds is 4. The minimum Gasteiger partial charge on any atom is -0.486 e. The molecule has 10 nitrogen and oxygen atoms in total. The van der Waals surface area contributed by atoms with Gasteiger partial charge in [0.15, 0.2) is 13.8 Å². The third kappa shape index (κ3) is 4.44. The summed E-state index contributed by atoms with van der Waals surface area (Å²) >= 11 is 0. The Labute approximate surface area is 210 Å². The number of benzene rings is 1. The second kappa shape index (κ2) is 9.70. The van der Waals surface area contributed by atoms with Crippen molar-refractivity contribution in [3.63, 3.8) is 0 Å². The lowest BCUT2D eigenvalue weighted by molar-refractivity contribution is -0.00569. The molecule has 0 bridgehead atoms. The van der Waals surface area contributed by atoms with Crippen LogP contribution in [0.5, 0.6) is 5.75 Å². The average Bonchev–Trinajstić information content (AvgIpc) is 2.92. The molecule has 1 aromatic carbocycles. The van der Waals surface area contributed by atoms with E-state index in [1.165, 1.54) is 6.20 Å². The standard InChI is InChI=1S/C25H27BN6O4/c26-29-17-3-7-31(8-4-17)23-12-18(20(30-35)15-28-23)24(34)32-9-5-25(6-10-32)13-21(33)19-11-16(14-27)1-2-22(19)36-25/h1-2,11-12,15,17,29H,3-10,13,26H2. The van der Waals surface area contributed by atoms with Crippen molar-refractivity contribution in [3.05, 3.63) is 52.1 Å². The van der Waals surface area contributed by atoms with Gasteiger partial charge in [-0.25, -0.2) is 4.98 Å². The van der Waals surface area contributed by atoms with Crippen LogP contribution in [0.4, 0.5) is 11.5 Å². The number of nitriles is 1. The molecule has 0 saturated carbocycles. The monoisotopic (exact) mass is 486 g/mol. The van der Waals surface area contributed by atoms with Crippen molar-refractivity contribution in [3.8, 4) is 11.8 Å². The molecule has 2 fully saturated rings. The number of Topliss-reactive ketones (excluding diaryl/α,β-unsaturated/α-hetero) is 1. The fourth-order valence-corrected chi connectivity index (χ4v) is 5.38. The Kier molecular flexibility index (Phi) is 6.45. The van der Waals surface area contributed by atoms with Gasteiger partial charge in [0.2, 0.25) is 0 Å². The Morgan fingerprint density at radius 2 is 1.97 bits per heavy atom. The highest BCUT2D eigenvalue weighted by Crippen LogP contribution is 2.40. The van der Waals surface area contributed by atoms with Gasteiger partial charge < -0.3 is 19.8 Å². The summed E-state index contributed by atoms with van der Waals surface area (Å²) in [5.74, 6) is 0.831. The van der Waals surface area contributed by atoms with Crippen LogP contribution in [0.3, 0.4) is 0 Å². The SMILES string of the molecule is BNC1CCN(c2cc(C(=O)N3CCC4(CC3)CC(=O)c3cc(C#N)ccc3O4)c(N=O)cn2)CC1. The third-order valence-corrected chi connectivity index (χ3v) is 7.60. The smallest absolute Gasteiger partial charge is 0.256 e. The van der Waals surface area contributed by atoms with Gasteiger partial charge in [-0.3, -0.25) is 9.59 Å². The highest BCUT2D eigenvalue weighted by molar-refractivity contribution is 6.04. The van der Waals surface area contributed by atoms with Crippen LogP contribution in [0.2, 0.25) is 0 Å². The van der Waals surface area contributed by atoms with Crippen LogP contribution in [0.1, 0.15) is 58.4 Å². The number of likely N-dealkylation sites (tertiary alicyclic amines) is 1. The first-order valence-electron chi connectivity index (χ1n) is 12.3. The van der Waals surface area contributed by atoms with E-state index in [2.05, 4.69) is 20.3 Å². The predicted octanol–water partition coefficient (Wildman–Crippen LogP) is 2.10. The topological polar surface area (TPSA) is 128 Å². The summed E-state index contributed by atoms with van der Waals surface area (Å²) in [6.07, 6.45) is 4.51. The fraction of sp³-hybridized carbons (Fsp3) is 0.440. The lowest BCUT2D eigenvalue weighted by atomic mass is 9.82. The van der Waals surface area contributed by atoms with Gasteiger partial charge in [0.1, 0.15) is 22.9 Å². The number of hydrogen-bond donors (Lipinski definition) is 1. The summed E-state index contributed by atoms with van der Waals surface area (Å²) in [4.78, 5) is 46.0. The molecule has 0 aliphatic carbocycles. The van der Waals surface area contributed by atoms with Gasteiger partial charge in [-0.1, -0.05) is 0 Å². The summed E-state index contributed by atoms with van der Waals surface area (Å²) in [7, 11) is 1.96. The summed E-state index contributed by atoms with van der Waals surface area (Å²) < 4.78 is 6.27. The normalized spacial score (nSPS) is 19.4. The Bertz CT molecular complexity index is 1250. The number of hydrogen-bond acceptors (Lipinski definition) is 9. The molecule has 5 rings (SSSR count). The third-order valence-electron chi connectivity index (χ3n) is 7.60. The highest BCUT2D eigenvalue weighted by Gasteiger charge is 2.44. The maximum atomic E-state index is 13.4. The van der Waals surface area contributed by atoms with E-state index >= 15 is 0 Å². The molecule has 2 aromatic rings. The van der Waals surface area contributed by atoms with Crippen LogP contribution >= 0.6 is 0 Å². The number of pyridine rings is 1. The second-order valence-electron chi connectivity index (χ2n) is 9.70. The zero-order valence-corrected chi connectivity index (χ0v) is 20.2. The fourth-order valence-electron chi connectivity index (χ4n) is 5.38. The van der Waals surface area contributed by atoms with Crippen molar-refractivity contribution in [1.82, 2.24) is 15.1 Å². The number of fused-ring (bicyclic) bond motifs is 1. The molecule has 0 unspecified atom stereocenters. The lowest BCUT2D eigenvalue weighted by Crippen LogP contribution is -2.52. The van der Waals surface area contributed by atoms with Crippen molar-refractivity contribution in [2.75, 3.05) is 31.1 Å². The van der Waals surface area contributed by atoms with Crippen LogP contribution < -0.4 is 14.9 Å². The van der Waals surface area contributed by atoms with E-state index in [1.807, 2.05) is 14.1 Å². The molecule has 3 aliphatic heterocycles. The van der Waals surface area contributed by atoms with Crippen molar-refractivity contribution >= 4 is 31.2 Å². The number of anilines is 1. The van der Waals surface area contributed by atoms with E-state index in [4.69, 9.17) is 10.00 Å². The molecular weight excluding hydrogens is 459 g/mol. The number of piperidine rings is 2. The van der Waals surface area contributed by atoms with E-state index in [9.17, 15) is 14.5 Å². The summed E-state index contributed by atoms with van der Waals surface area (Å²) in [6.45, 7) is 2.41. The summed E-state index contributed by atoms with van der Waals surface area (Å²) in [5, 5.41) is 15.5. The molecule has 1 aromatic heterocycles. The second-order valence-corrected chi connectivity index (χ2v) is 9.70. The van der Waals surface area contributed by atoms with Gasteiger partial charge in [0.25, 0.3) is 5.91 Å². The lowest BCUT2D eigenvalue weighted by Gasteiger charge is -2.44. The first-order valence-corrected chi connectivity index (χ1v) is 12.3. The minimum atomic E-state index is -0.679. The van der Waals surface area contributed by atoms with E-state index < -0.39 is 5.60 Å². The van der Waals surface area contributed by atoms with Gasteiger partial charge in [0.05, 0.1) is 35.4 Å². The number of nitrogens with zero attached hydrogens (tertiary/aromatic N) is 5. The van der Waals surface area contributed by atoms with E-state index in [1.54, 1.807) is 29.2 Å². The molecular formula is C25H27BN6O4. The Morgan fingerprint density at radius 3 is 2.64 bits per heavy atom. The van der Waals surface area contributed by atoms with Gasteiger partial charge >= 0.3 is 0 Å². The molecule has 0 radical (unpaired) electrons. The first kappa shape index (κ1) is 23.9. The summed E-state index contributed by atoms with van der Waals surface area (Å²) in [5.41, 5.74) is 0.451. The molecule has 184 valence electrons. The number of ether oxygens (including phenoxy) is 1. The van der Waals surface area contributed by atoms with E-state index in [0.717, 1.165) is 25.9 Å². The molecule has 3 aliphatic rings. The van der Waals surface area contributed by atoms with E-state index in [0.29, 0.717) is 54.7 Å². The maximum Gasteiger partial charge on any atom is 0.256 e. The molecule has 1 N–H and O–H groups in total.